The fourth-order valence-electron chi connectivity index (χ4n) is 2.01. The number of anilines is 1. The van der Waals surface area contributed by atoms with Gasteiger partial charge in [-0.2, -0.15) is 0 Å². The first-order chi connectivity index (χ1) is 9.82. The number of halogens is 3. The number of amides is 1. The molecule has 0 bridgehead atoms. The van der Waals surface area contributed by atoms with E-state index in [4.69, 9.17) is 10.9 Å². The quantitative estimate of drug-likeness (QED) is 0.246. The van der Waals surface area contributed by atoms with Gasteiger partial charge in [-0.15, -0.1) is 0 Å². The van der Waals surface area contributed by atoms with E-state index in [1.54, 1.807) is 13.8 Å². The van der Waals surface area contributed by atoms with Gasteiger partial charge in [-0.3, -0.25) is 4.79 Å². The number of hydrogen-bond acceptors (Lipinski definition) is 3. The van der Waals surface area contributed by atoms with Crippen LogP contribution in [0.25, 0.3) is 0 Å². The first-order valence-electron chi connectivity index (χ1n) is 6.26. The van der Waals surface area contributed by atoms with E-state index < -0.39 is 23.0 Å². The van der Waals surface area contributed by atoms with Crippen molar-refractivity contribution in [2.24, 2.45) is 16.3 Å². The van der Waals surface area contributed by atoms with Crippen LogP contribution in [0.5, 0.6) is 0 Å². The highest BCUT2D eigenvalue weighted by atomic mass is 79.9. The molecule has 0 atom stereocenters. The summed E-state index contributed by atoms with van der Waals surface area (Å²) >= 11 is 2.85. The summed E-state index contributed by atoms with van der Waals surface area (Å²) in [5.41, 5.74) is 3.99. The highest BCUT2D eigenvalue weighted by Crippen LogP contribution is 2.30. The van der Waals surface area contributed by atoms with Crippen LogP contribution in [0.15, 0.2) is 21.8 Å². The summed E-state index contributed by atoms with van der Waals surface area (Å²) in [4.78, 5) is 12.4. The maximum Gasteiger partial charge on any atom is 0.238 e. The number of nitrogens with one attached hydrogen (secondary N) is 1. The van der Waals surface area contributed by atoms with Crippen LogP contribution in [0.2, 0.25) is 0 Å². The Morgan fingerprint density at radius 1 is 1.38 bits per heavy atom. The minimum atomic E-state index is -1.29. The molecule has 0 radical (unpaired) electrons. The van der Waals surface area contributed by atoms with Crippen molar-refractivity contribution in [2.75, 3.05) is 5.32 Å². The molecular weight excluding hydrogens is 348 g/mol. The Kier molecular flexibility index (Phi) is 5.65. The predicted molar refractivity (Wildman–Crippen MR) is 79.1 cm³/mol. The second-order valence-corrected chi connectivity index (χ2v) is 5.33. The van der Waals surface area contributed by atoms with Crippen LogP contribution in [-0.2, 0) is 4.79 Å². The largest absolute Gasteiger partial charge is 0.409 e. The molecule has 1 amide bonds. The van der Waals surface area contributed by atoms with E-state index in [0.717, 1.165) is 12.1 Å². The van der Waals surface area contributed by atoms with Gasteiger partial charge < -0.3 is 16.3 Å². The second-order valence-electron chi connectivity index (χ2n) is 4.47. The van der Waals surface area contributed by atoms with E-state index in [2.05, 4.69) is 26.4 Å². The number of benzene rings is 1. The zero-order valence-corrected chi connectivity index (χ0v) is 13.2. The summed E-state index contributed by atoms with van der Waals surface area (Å²) in [5, 5.41) is 14.0. The molecule has 0 aliphatic rings. The predicted octanol–water partition coefficient (Wildman–Crippen LogP) is 3.22. The molecular formula is C13H16BrF2N3O2. The van der Waals surface area contributed by atoms with E-state index in [-0.39, 0.29) is 28.8 Å². The Hall–Kier alpha value is -1.70. The van der Waals surface area contributed by atoms with Crippen LogP contribution >= 0.6 is 15.9 Å². The summed E-state index contributed by atoms with van der Waals surface area (Å²) in [6.45, 7) is 3.36. The molecule has 5 nitrogen and oxygen atoms in total. The number of hydrogen-bond donors (Lipinski definition) is 3. The van der Waals surface area contributed by atoms with Crippen LogP contribution in [-0.4, -0.2) is 17.0 Å². The number of carbonyl (C=O) groups is 1. The van der Waals surface area contributed by atoms with Gasteiger partial charge in [0.05, 0.1) is 10.2 Å². The van der Waals surface area contributed by atoms with Crippen molar-refractivity contribution in [3.63, 3.8) is 0 Å². The highest BCUT2D eigenvalue weighted by molar-refractivity contribution is 9.10. The molecule has 8 heteroatoms. The summed E-state index contributed by atoms with van der Waals surface area (Å²) in [6, 6.07) is 1.77. The summed E-state index contributed by atoms with van der Waals surface area (Å²) in [6.07, 6.45) is 0.484. The zero-order chi connectivity index (χ0) is 16.2. The van der Waals surface area contributed by atoms with Gasteiger partial charge in [0, 0.05) is 6.07 Å². The molecule has 0 aliphatic carbocycles. The number of amidine groups is 1. The molecule has 1 aromatic carbocycles. The minimum Gasteiger partial charge on any atom is -0.409 e. The lowest BCUT2D eigenvalue weighted by Crippen LogP contribution is -2.46. The maximum atomic E-state index is 13.7. The lowest BCUT2D eigenvalue weighted by molar-refractivity contribution is -0.122. The van der Waals surface area contributed by atoms with Crippen LogP contribution in [0.1, 0.15) is 26.7 Å². The van der Waals surface area contributed by atoms with Crippen molar-refractivity contribution in [2.45, 2.75) is 26.7 Å². The van der Waals surface area contributed by atoms with Crippen molar-refractivity contribution in [3.8, 4) is 0 Å². The normalized spacial score (nSPS) is 12.3. The van der Waals surface area contributed by atoms with Gasteiger partial charge in [0.25, 0.3) is 0 Å². The van der Waals surface area contributed by atoms with E-state index in [9.17, 15) is 13.6 Å². The molecule has 0 saturated heterocycles. The lowest BCUT2D eigenvalue weighted by Gasteiger charge is -2.28. The van der Waals surface area contributed by atoms with Crippen LogP contribution in [0.3, 0.4) is 0 Å². The zero-order valence-electron chi connectivity index (χ0n) is 11.6. The van der Waals surface area contributed by atoms with Crippen molar-refractivity contribution in [1.82, 2.24) is 0 Å². The molecule has 1 rings (SSSR count). The average molecular weight is 364 g/mol. The molecule has 116 valence electrons. The van der Waals surface area contributed by atoms with Crippen molar-refractivity contribution >= 4 is 33.4 Å². The number of rotatable bonds is 5. The molecule has 0 fully saturated rings. The van der Waals surface area contributed by atoms with Gasteiger partial charge in [0.15, 0.2) is 5.84 Å². The van der Waals surface area contributed by atoms with E-state index >= 15 is 0 Å². The van der Waals surface area contributed by atoms with Crippen LogP contribution in [0, 0.1) is 17.0 Å². The Morgan fingerprint density at radius 2 is 1.95 bits per heavy atom. The monoisotopic (exact) mass is 363 g/mol. The topological polar surface area (TPSA) is 87.7 Å². The van der Waals surface area contributed by atoms with Gasteiger partial charge in [0.2, 0.25) is 5.91 Å². The second kappa shape index (κ2) is 6.84. The number of nitrogens with zero attached hydrogens (tertiary/aromatic N) is 1. The van der Waals surface area contributed by atoms with Gasteiger partial charge in [-0.1, -0.05) is 19.0 Å². The molecule has 0 spiro atoms. The van der Waals surface area contributed by atoms with Crippen molar-refractivity contribution in [1.29, 1.82) is 0 Å². The summed E-state index contributed by atoms with van der Waals surface area (Å²) in [7, 11) is 0. The molecule has 0 aliphatic heterocycles. The first kappa shape index (κ1) is 17.4. The van der Waals surface area contributed by atoms with E-state index in [1.807, 2.05) is 0 Å². The summed E-state index contributed by atoms with van der Waals surface area (Å²) < 4.78 is 27.1. The SMILES string of the molecule is CCC(CC)(C(=O)Nc1cc(F)c(Br)cc1F)/C(N)=N/O. The number of carbonyl (C=O) groups excluding carboxylic acids is 1. The molecule has 4 N–H and O–H groups in total. The van der Waals surface area contributed by atoms with Crippen molar-refractivity contribution in [3.05, 3.63) is 28.2 Å². The standard InChI is InChI=1S/C13H16BrF2N3O2/c1-3-13(4-2,11(17)19-21)12(20)18-10-6-8(15)7(14)5-9(10)16/h5-6,21H,3-4H2,1-2H3,(H2,17,19)(H,18,20). The molecule has 0 unspecified atom stereocenters. The third-order valence-corrected chi connectivity index (χ3v) is 4.11. The van der Waals surface area contributed by atoms with Crippen LogP contribution in [0.4, 0.5) is 14.5 Å². The molecule has 1 aromatic rings. The molecule has 0 aromatic heterocycles. The third-order valence-electron chi connectivity index (χ3n) is 3.50. The maximum absolute atomic E-state index is 13.7. The van der Waals surface area contributed by atoms with Gasteiger partial charge in [0.1, 0.15) is 17.0 Å². The first-order valence-corrected chi connectivity index (χ1v) is 7.05. The third kappa shape index (κ3) is 3.31. The number of oxime groups is 1. The van der Waals surface area contributed by atoms with Gasteiger partial charge in [-0.05, 0) is 34.8 Å². The minimum absolute atomic E-state index is 0.0494. The average Bonchev–Trinajstić information content (AvgIpc) is 2.46. The van der Waals surface area contributed by atoms with Gasteiger partial charge in [-0.25, -0.2) is 8.78 Å². The van der Waals surface area contributed by atoms with Gasteiger partial charge >= 0.3 is 0 Å². The molecule has 0 heterocycles. The van der Waals surface area contributed by atoms with Crippen molar-refractivity contribution < 1.29 is 18.8 Å². The molecule has 0 saturated carbocycles. The summed E-state index contributed by atoms with van der Waals surface area (Å²) in [5.74, 6) is -2.45. The van der Waals surface area contributed by atoms with E-state index in [1.165, 1.54) is 0 Å². The Morgan fingerprint density at radius 3 is 2.43 bits per heavy atom. The van der Waals surface area contributed by atoms with Crippen LogP contribution < -0.4 is 11.1 Å². The highest BCUT2D eigenvalue weighted by Gasteiger charge is 2.40. The van der Waals surface area contributed by atoms with E-state index in [0.29, 0.717) is 0 Å². The smallest absolute Gasteiger partial charge is 0.238 e. The lowest BCUT2D eigenvalue weighted by atomic mass is 9.80. The molecule has 21 heavy (non-hydrogen) atoms. The fourth-order valence-corrected chi connectivity index (χ4v) is 2.32. The number of nitrogens with two attached hydrogens (primary N) is 1. The Balaban J connectivity index is 3.17. The Bertz CT molecular complexity index is 575. The fraction of sp³-hybridized carbons (Fsp3) is 0.385. The Labute approximate surface area is 129 Å².